The lowest BCUT2D eigenvalue weighted by Gasteiger charge is -2.17. The van der Waals surface area contributed by atoms with Gasteiger partial charge < -0.3 is 5.11 Å². The van der Waals surface area contributed by atoms with E-state index in [1.165, 1.54) is 6.20 Å². The lowest BCUT2D eigenvalue weighted by molar-refractivity contribution is 0.0739. The van der Waals surface area contributed by atoms with Crippen molar-refractivity contribution >= 4 is 11.6 Å². The number of aromatic nitrogens is 3. The van der Waals surface area contributed by atoms with Crippen LogP contribution in [0, 0.1) is 5.82 Å². The molecule has 0 unspecified atom stereocenters. The summed E-state index contributed by atoms with van der Waals surface area (Å²) in [6.07, 6.45) is 2.49. The average Bonchev–Trinajstić information content (AvgIpc) is 2.31. The molecule has 0 atom stereocenters. The number of nitrogens with zero attached hydrogens (tertiary/aromatic N) is 3. The van der Waals surface area contributed by atoms with Crippen molar-refractivity contribution in [3.63, 3.8) is 0 Å². The fourth-order valence-electron chi connectivity index (χ4n) is 1.46. The van der Waals surface area contributed by atoms with E-state index < -0.39 is 11.4 Å². The van der Waals surface area contributed by atoms with Crippen LogP contribution < -0.4 is 0 Å². The summed E-state index contributed by atoms with van der Waals surface area (Å²) in [7, 11) is 0. The van der Waals surface area contributed by atoms with Crippen LogP contribution >= 0.6 is 11.6 Å². The number of pyridine rings is 1. The summed E-state index contributed by atoms with van der Waals surface area (Å²) in [5.41, 5.74) is -0.107. The normalized spacial score (nSPS) is 11.6. The Hall–Kier alpha value is -1.59. The number of halogens is 2. The summed E-state index contributed by atoms with van der Waals surface area (Å²) in [4.78, 5) is 11.4. The second-order valence-electron chi connectivity index (χ2n) is 4.32. The molecule has 94 valence electrons. The van der Waals surface area contributed by atoms with Crippen molar-refractivity contribution in [3.05, 3.63) is 41.3 Å². The average molecular weight is 268 g/mol. The highest BCUT2D eigenvalue weighted by Gasteiger charge is 2.19. The second-order valence-corrected chi connectivity index (χ2v) is 4.66. The largest absolute Gasteiger partial charge is 0.384 e. The topological polar surface area (TPSA) is 58.9 Å². The molecule has 0 fully saturated rings. The Labute approximate surface area is 109 Å². The molecule has 0 saturated carbocycles. The Bertz CT molecular complexity index is 584. The molecule has 0 aromatic carbocycles. The van der Waals surface area contributed by atoms with Crippen LogP contribution in [0.5, 0.6) is 0 Å². The minimum Gasteiger partial charge on any atom is -0.384 e. The molecule has 0 aliphatic rings. The second kappa shape index (κ2) is 4.59. The van der Waals surface area contributed by atoms with E-state index in [-0.39, 0.29) is 11.0 Å². The van der Waals surface area contributed by atoms with Gasteiger partial charge in [0.2, 0.25) is 5.28 Å². The predicted molar refractivity (Wildman–Crippen MR) is 65.5 cm³/mol. The molecule has 2 aromatic heterocycles. The van der Waals surface area contributed by atoms with Crippen molar-refractivity contribution in [1.82, 2.24) is 15.0 Å². The maximum absolute atomic E-state index is 13.6. The third kappa shape index (κ3) is 2.63. The van der Waals surface area contributed by atoms with E-state index in [0.29, 0.717) is 11.3 Å². The zero-order chi connectivity index (χ0) is 13.3. The van der Waals surface area contributed by atoms with Gasteiger partial charge in [-0.05, 0) is 37.6 Å². The number of hydrogen-bond donors (Lipinski definition) is 1. The highest BCUT2D eigenvalue weighted by Crippen LogP contribution is 2.25. The van der Waals surface area contributed by atoms with Gasteiger partial charge in [-0.15, -0.1) is 0 Å². The molecular weight excluding hydrogens is 257 g/mol. The van der Waals surface area contributed by atoms with Gasteiger partial charge >= 0.3 is 0 Å². The first-order chi connectivity index (χ1) is 8.38. The van der Waals surface area contributed by atoms with E-state index in [1.807, 2.05) is 0 Å². The van der Waals surface area contributed by atoms with Gasteiger partial charge in [0, 0.05) is 11.8 Å². The van der Waals surface area contributed by atoms with Crippen LogP contribution in [-0.4, -0.2) is 20.1 Å². The SMILES string of the molecule is CC(C)(O)c1cc(-c2nc(Cl)ncc2F)ccn1. The van der Waals surface area contributed by atoms with E-state index in [1.54, 1.807) is 26.0 Å². The minimum absolute atomic E-state index is 0.0342. The highest BCUT2D eigenvalue weighted by atomic mass is 35.5. The summed E-state index contributed by atoms with van der Waals surface area (Å²) < 4.78 is 13.6. The first-order valence-electron chi connectivity index (χ1n) is 5.25. The zero-order valence-electron chi connectivity index (χ0n) is 9.85. The Kier molecular flexibility index (Phi) is 3.28. The molecule has 0 bridgehead atoms. The number of aliphatic hydroxyl groups is 1. The van der Waals surface area contributed by atoms with E-state index >= 15 is 0 Å². The van der Waals surface area contributed by atoms with Crippen molar-refractivity contribution < 1.29 is 9.50 Å². The molecule has 2 rings (SSSR count). The summed E-state index contributed by atoms with van der Waals surface area (Å²) in [5.74, 6) is -0.577. The molecule has 0 amide bonds. The summed E-state index contributed by atoms with van der Waals surface area (Å²) in [6, 6.07) is 3.17. The van der Waals surface area contributed by atoms with Gasteiger partial charge in [-0.25, -0.2) is 14.4 Å². The van der Waals surface area contributed by atoms with Gasteiger partial charge in [0.1, 0.15) is 11.3 Å². The molecule has 0 saturated heterocycles. The van der Waals surface area contributed by atoms with Crippen molar-refractivity contribution in [3.8, 4) is 11.3 Å². The summed E-state index contributed by atoms with van der Waals surface area (Å²) in [6.45, 7) is 3.20. The molecule has 6 heteroatoms. The van der Waals surface area contributed by atoms with E-state index in [0.717, 1.165) is 6.20 Å². The van der Waals surface area contributed by atoms with Gasteiger partial charge in [-0.1, -0.05) is 0 Å². The van der Waals surface area contributed by atoms with Crippen LogP contribution in [0.4, 0.5) is 4.39 Å². The standard InChI is InChI=1S/C12H11ClFN3O/c1-12(2,18)9-5-7(3-4-15-9)10-8(14)6-16-11(13)17-10/h3-6,18H,1-2H3. The van der Waals surface area contributed by atoms with Crippen molar-refractivity contribution in [2.75, 3.05) is 0 Å². The third-order valence-electron chi connectivity index (χ3n) is 2.37. The zero-order valence-corrected chi connectivity index (χ0v) is 10.6. The van der Waals surface area contributed by atoms with Crippen LogP contribution in [0.25, 0.3) is 11.3 Å². The maximum Gasteiger partial charge on any atom is 0.223 e. The highest BCUT2D eigenvalue weighted by molar-refractivity contribution is 6.28. The molecule has 1 N–H and O–H groups in total. The lowest BCUT2D eigenvalue weighted by atomic mass is 10.0. The maximum atomic E-state index is 13.6. The van der Waals surface area contributed by atoms with Crippen LogP contribution in [-0.2, 0) is 5.60 Å². The Morgan fingerprint density at radius 2 is 2.06 bits per heavy atom. The molecule has 0 spiro atoms. The molecule has 2 heterocycles. The van der Waals surface area contributed by atoms with Crippen LogP contribution in [0.2, 0.25) is 5.28 Å². The molecule has 0 aliphatic carbocycles. The minimum atomic E-state index is -1.11. The van der Waals surface area contributed by atoms with Crippen molar-refractivity contribution in [2.24, 2.45) is 0 Å². The molecule has 0 radical (unpaired) electrons. The Balaban J connectivity index is 2.55. The lowest BCUT2D eigenvalue weighted by Crippen LogP contribution is -2.17. The van der Waals surface area contributed by atoms with Crippen LogP contribution in [0.15, 0.2) is 24.5 Å². The third-order valence-corrected chi connectivity index (χ3v) is 2.56. The van der Waals surface area contributed by atoms with Gasteiger partial charge in [0.15, 0.2) is 5.82 Å². The van der Waals surface area contributed by atoms with E-state index in [4.69, 9.17) is 11.6 Å². The summed E-state index contributed by atoms with van der Waals surface area (Å²) in [5, 5.41) is 9.83. The Morgan fingerprint density at radius 1 is 1.33 bits per heavy atom. The molecule has 4 nitrogen and oxygen atoms in total. The van der Waals surface area contributed by atoms with Crippen molar-refractivity contribution in [2.45, 2.75) is 19.4 Å². The van der Waals surface area contributed by atoms with Gasteiger partial charge in [-0.2, -0.15) is 0 Å². The number of hydrogen-bond acceptors (Lipinski definition) is 4. The van der Waals surface area contributed by atoms with Crippen LogP contribution in [0.3, 0.4) is 0 Å². The molecule has 18 heavy (non-hydrogen) atoms. The van der Waals surface area contributed by atoms with Gasteiger partial charge in [-0.3, -0.25) is 4.98 Å². The monoisotopic (exact) mass is 267 g/mol. The molecule has 2 aromatic rings. The van der Waals surface area contributed by atoms with E-state index in [9.17, 15) is 9.50 Å². The fraction of sp³-hybridized carbons (Fsp3) is 0.250. The van der Waals surface area contributed by atoms with E-state index in [2.05, 4.69) is 15.0 Å². The first kappa shape index (κ1) is 12.9. The number of rotatable bonds is 2. The van der Waals surface area contributed by atoms with Gasteiger partial charge in [0.25, 0.3) is 0 Å². The summed E-state index contributed by atoms with van der Waals surface area (Å²) >= 11 is 5.64. The van der Waals surface area contributed by atoms with Gasteiger partial charge in [0.05, 0.1) is 11.9 Å². The predicted octanol–water partition coefficient (Wildman–Crippen LogP) is 2.56. The first-order valence-corrected chi connectivity index (χ1v) is 5.63. The van der Waals surface area contributed by atoms with Crippen LogP contribution in [0.1, 0.15) is 19.5 Å². The van der Waals surface area contributed by atoms with Crippen molar-refractivity contribution in [1.29, 1.82) is 0 Å². The Morgan fingerprint density at radius 3 is 2.72 bits per heavy atom. The quantitative estimate of drug-likeness (QED) is 0.850. The fourth-order valence-corrected chi connectivity index (χ4v) is 1.59. The smallest absolute Gasteiger partial charge is 0.223 e. The molecule has 0 aliphatic heterocycles. The molecular formula is C12H11ClFN3O.